The second-order valence-corrected chi connectivity index (χ2v) is 6.22. The Bertz CT molecular complexity index is 768. The maximum Gasteiger partial charge on any atom is 0.272 e. The summed E-state index contributed by atoms with van der Waals surface area (Å²) in [7, 11) is 0. The van der Waals surface area contributed by atoms with Gasteiger partial charge in [0.25, 0.3) is 5.91 Å². The van der Waals surface area contributed by atoms with Gasteiger partial charge in [-0.1, -0.05) is 6.07 Å². The molecule has 0 saturated carbocycles. The number of amides is 2. The molecule has 2 aromatic rings. The van der Waals surface area contributed by atoms with Gasteiger partial charge in [0.1, 0.15) is 12.3 Å². The van der Waals surface area contributed by atoms with Crippen LogP contribution in [-0.2, 0) is 16.1 Å². The van der Waals surface area contributed by atoms with Gasteiger partial charge in [0.2, 0.25) is 5.91 Å². The molecule has 25 heavy (non-hydrogen) atoms. The highest BCUT2D eigenvalue weighted by molar-refractivity contribution is 5.92. The Kier molecular flexibility index (Phi) is 4.15. The van der Waals surface area contributed by atoms with E-state index in [0.29, 0.717) is 25.3 Å². The number of nitrogens with zero attached hydrogens (tertiary/aromatic N) is 4. The first-order chi connectivity index (χ1) is 12.2. The van der Waals surface area contributed by atoms with E-state index in [-0.39, 0.29) is 30.6 Å². The number of aromatic nitrogens is 2. The minimum atomic E-state index is -0.160. The quantitative estimate of drug-likeness (QED) is 0.825. The van der Waals surface area contributed by atoms with Crippen molar-refractivity contribution in [2.45, 2.75) is 18.7 Å². The number of likely N-dealkylation sites (tertiary alicyclic amines) is 1. The summed E-state index contributed by atoms with van der Waals surface area (Å²) in [5.41, 5.74) is 1.42. The molecule has 4 rings (SSSR count). The van der Waals surface area contributed by atoms with Crippen molar-refractivity contribution >= 4 is 11.8 Å². The van der Waals surface area contributed by atoms with E-state index in [1.807, 2.05) is 17.0 Å². The Morgan fingerprint density at radius 3 is 2.76 bits per heavy atom. The third-order valence-electron chi connectivity index (χ3n) is 4.65. The molecule has 7 heteroatoms. The van der Waals surface area contributed by atoms with E-state index in [1.54, 1.807) is 41.7 Å². The highest BCUT2D eigenvalue weighted by Gasteiger charge is 2.44. The standard InChI is InChI=1S/C18H18N4O3/c23-17-12-25-16-11-21(18(24)14-3-1-2-6-20-14)10-15(16)22(17)9-13-4-7-19-8-5-13/h1-8,15-16H,9-12H2. The minimum Gasteiger partial charge on any atom is -0.364 e. The molecule has 2 amide bonds. The average molecular weight is 338 g/mol. The van der Waals surface area contributed by atoms with Crippen molar-refractivity contribution in [1.82, 2.24) is 19.8 Å². The second-order valence-electron chi connectivity index (χ2n) is 6.22. The Morgan fingerprint density at radius 1 is 1.16 bits per heavy atom. The van der Waals surface area contributed by atoms with Gasteiger partial charge in [0.05, 0.1) is 12.1 Å². The lowest BCUT2D eigenvalue weighted by molar-refractivity contribution is -0.153. The number of hydrogen-bond acceptors (Lipinski definition) is 5. The van der Waals surface area contributed by atoms with Crippen molar-refractivity contribution in [1.29, 1.82) is 0 Å². The number of carbonyl (C=O) groups excluding carboxylic acids is 2. The molecule has 7 nitrogen and oxygen atoms in total. The van der Waals surface area contributed by atoms with Gasteiger partial charge in [-0.3, -0.25) is 19.6 Å². The lowest BCUT2D eigenvalue weighted by Gasteiger charge is -2.36. The van der Waals surface area contributed by atoms with Crippen LogP contribution in [0.4, 0.5) is 0 Å². The largest absolute Gasteiger partial charge is 0.364 e. The molecular weight excluding hydrogens is 320 g/mol. The molecule has 2 fully saturated rings. The number of carbonyl (C=O) groups is 2. The fourth-order valence-corrected chi connectivity index (χ4v) is 3.37. The Morgan fingerprint density at radius 2 is 2.00 bits per heavy atom. The summed E-state index contributed by atoms with van der Waals surface area (Å²) in [4.78, 5) is 36.7. The highest BCUT2D eigenvalue weighted by atomic mass is 16.5. The van der Waals surface area contributed by atoms with Crippen molar-refractivity contribution in [3.8, 4) is 0 Å². The first-order valence-electron chi connectivity index (χ1n) is 8.22. The SMILES string of the molecule is O=C(c1ccccn1)N1CC2OCC(=O)N(Cc3ccncc3)C2C1. The Balaban J connectivity index is 1.52. The molecule has 0 N–H and O–H groups in total. The normalized spacial score (nSPS) is 22.8. The van der Waals surface area contributed by atoms with Gasteiger partial charge in [-0.25, -0.2) is 0 Å². The van der Waals surface area contributed by atoms with E-state index in [0.717, 1.165) is 5.56 Å². The van der Waals surface area contributed by atoms with Crippen LogP contribution in [0.5, 0.6) is 0 Å². The van der Waals surface area contributed by atoms with Gasteiger partial charge < -0.3 is 14.5 Å². The summed E-state index contributed by atoms with van der Waals surface area (Å²) >= 11 is 0. The topological polar surface area (TPSA) is 75.6 Å². The third-order valence-corrected chi connectivity index (χ3v) is 4.65. The smallest absolute Gasteiger partial charge is 0.272 e. The van der Waals surface area contributed by atoms with E-state index >= 15 is 0 Å². The van der Waals surface area contributed by atoms with Gasteiger partial charge in [-0.15, -0.1) is 0 Å². The summed E-state index contributed by atoms with van der Waals surface area (Å²) in [6.45, 7) is 1.48. The molecule has 128 valence electrons. The lowest BCUT2D eigenvalue weighted by Crippen LogP contribution is -2.53. The van der Waals surface area contributed by atoms with Crippen LogP contribution < -0.4 is 0 Å². The zero-order valence-electron chi connectivity index (χ0n) is 13.6. The van der Waals surface area contributed by atoms with Crippen LogP contribution >= 0.6 is 0 Å². The molecule has 0 radical (unpaired) electrons. The molecule has 2 saturated heterocycles. The van der Waals surface area contributed by atoms with E-state index in [4.69, 9.17) is 4.74 Å². The van der Waals surface area contributed by atoms with Gasteiger partial charge in [-0.2, -0.15) is 0 Å². The molecule has 0 aliphatic carbocycles. The summed E-state index contributed by atoms with van der Waals surface area (Å²) in [5.74, 6) is -0.180. The zero-order chi connectivity index (χ0) is 17.2. The summed E-state index contributed by atoms with van der Waals surface area (Å²) in [5, 5.41) is 0. The van der Waals surface area contributed by atoms with Crippen LogP contribution in [0.15, 0.2) is 48.9 Å². The highest BCUT2D eigenvalue weighted by Crippen LogP contribution is 2.26. The number of fused-ring (bicyclic) bond motifs is 1. The number of hydrogen-bond donors (Lipinski definition) is 0. The van der Waals surface area contributed by atoms with Crippen LogP contribution in [0.1, 0.15) is 16.1 Å². The Hall–Kier alpha value is -2.80. The van der Waals surface area contributed by atoms with Crippen LogP contribution in [-0.4, -0.2) is 63.4 Å². The molecule has 4 heterocycles. The maximum absolute atomic E-state index is 12.6. The van der Waals surface area contributed by atoms with Crippen molar-refractivity contribution < 1.29 is 14.3 Å². The fourth-order valence-electron chi connectivity index (χ4n) is 3.37. The van der Waals surface area contributed by atoms with Crippen LogP contribution in [0.25, 0.3) is 0 Å². The van der Waals surface area contributed by atoms with Crippen molar-refractivity contribution in [3.05, 3.63) is 60.2 Å². The first-order valence-corrected chi connectivity index (χ1v) is 8.22. The van der Waals surface area contributed by atoms with Crippen LogP contribution in [0, 0.1) is 0 Å². The molecule has 2 aliphatic rings. The number of rotatable bonds is 3. The van der Waals surface area contributed by atoms with Gasteiger partial charge in [-0.05, 0) is 29.8 Å². The predicted octanol–water partition coefficient (Wildman–Crippen LogP) is 0.729. The molecule has 2 atom stereocenters. The van der Waals surface area contributed by atoms with E-state index in [1.165, 1.54) is 0 Å². The fraction of sp³-hybridized carbons (Fsp3) is 0.333. The molecule has 0 spiro atoms. The molecular formula is C18H18N4O3. The molecule has 2 aromatic heterocycles. The Labute approximate surface area is 145 Å². The van der Waals surface area contributed by atoms with Crippen molar-refractivity contribution in [3.63, 3.8) is 0 Å². The predicted molar refractivity (Wildman–Crippen MR) is 88.5 cm³/mol. The average Bonchev–Trinajstić information content (AvgIpc) is 3.10. The van der Waals surface area contributed by atoms with Crippen molar-refractivity contribution in [2.75, 3.05) is 19.7 Å². The summed E-state index contributed by atoms with van der Waals surface area (Å²) in [6.07, 6.45) is 4.87. The first kappa shape index (κ1) is 15.7. The molecule has 2 unspecified atom stereocenters. The van der Waals surface area contributed by atoms with Crippen LogP contribution in [0.2, 0.25) is 0 Å². The van der Waals surface area contributed by atoms with Gasteiger partial charge in [0, 0.05) is 38.2 Å². The maximum atomic E-state index is 12.6. The minimum absolute atomic E-state index is 0.0507. The summed E-state index contributed by atoms with van der Waals surface area (Å²) < 4.78 is 5.68. The second kappa shape index (κ2) is 6.60. The number of pyridine rings is 2. The lowest BCUT2D eigenvalue weighted by atomic mass is 10.1. The van der Waals surface area contributed by atoms with Gasteiger partial charge >= 0.3 is 0 Å². The van der Waals surface area contributed by atoms with Crippen molar-refractivity contribution in [2.24, 2.45) is 0 Å². The number of ether oxygens (including phenoxy) is 1. The number of morpholine rings is 1. The van der Waals surface area contributed by atoms with Gasteiger partial charge in [0.15, 0.2) is 0 Å². The monoisotopic (exact) mass is 338 g/mol. The zero-order valence-corrected chi connectivity index (χ0v) is 13.6. The molecule has 0 bridgehead atoms. The van der Waals surface area contributed by atoms with Crippen LogP contribution in [0.3, 0.4) is 0 Å². The molecule has 0 aromatic carbocycles. The van der Waals surface area contributed by atoms with E-state index in [2.05, 4.69) is 9.97 Å². The summed E-state index contributed by atoms with van der Waals surface area (Å²) in [6, 6.07) is 8.91. The molecule has 2 aliphatic heterocycles. The van der Waals surface area contributed by atoms with E-state index < -0.39 is 0 Å². The van der Waals surface area contributed by atoms with E-state index in [9.17, 15) is 9.59 Å². The third kappa shape index (κ3) is 3.10.